The molecule has 0 spiro atoms. The number of fused-ring (bicyclic) bond motifs is 1. The molecule has 0 aromatic heterocycles. The van der Waals surface area contributed by atoms with Crippen molar-refractivity contribution in [2.24, 2.45) is 5.92 Å². The molecule has 0 nitrogen and oxygen atoms in total. The molecule has 3 aromatic rings. The Kier molecular flexibility index (Phi) is 9.27. The van der Waals surface area contributed by atoms with E-state index < -0.39 is 0 Å². The van der Waals surface area contributed by atoms with Crippen LogP contribution in [0.2, 0.25) is 0 Å². The lowest BCUT2D eigenvalue weighted by Crippen LogP contribution is -2.12. The van der Waals surface area contributed by atoms with Crippen molar-refractivity contribution in [3.63, 3.8) is 0 Å². The van der Waals surface area contributed by atoms with Crippen molar-refractivity contribution in [3.8, 4) is 11.8 Å². The maximum atomic E-state index is 3.39. The van der Waals surface area contributed by atoms with Crippen LogP contribution in [0.3, 0.4) is 0 Å². The number of rotatable bonds is 9. The highest BCUT2D eigenvalue weighted by atomic mass is 14.3. The molecule has 0 unspecified atom stereocenters. The van der Waals surface area contributed by atoms with E-state index in [0.717, 1.165) is 23.0 Å². The van der Waals surface area contributed by atoms with Gasteiger partial charge in [0.1, 0.15) is 0 Å². The SMILES string of the molecule is CCCCCCCCc1ccc2cc(C#Cc3ccc([C@H]4CC[C@H](CC)CC4)cc3)ccc2c1. The van der Waals surface area contributed by atoms with Gasteiger partial charge in [0.15, 0.2) is 0 Å². The number of hydrogen-bond acceptors (Lipinski definition) is 0. The number of aryl methyl sites for hydroxylation is 1. The van der Waals surface area contributed by atoms with Gasteiger partial charge in [0, 0.05) is 11.1 Å². The van der Waals surface area contributed by atoms with E-state index in [4.69, 9.17) is 0 Å². The molecule has 0 heteroatoms. The van der Waals surface area contributed by atoms with Gasteiger partial charge in [-0.1, -0.05) is 101 Å². The van der Waals surface area contributed by atoms with E-state index in [1.54, 1.807) is 0 Å². The van der Waals surface area contributed by atoms with Crippen LogP contribution in [0.25, 0.3) is 10.8 Å². The summed E-state index contributed by atoms with van der Waals surface area (Å²) in [4.78, 5) is 0. The Morgan fingerprint density at radius 2 is 1.29 bits per heavy atom. The predicted octanol–water partition coefficient (Wildman–Crippen LogP) is 9.83. The van der Waals surface area contributed by atoms with Gasteiger partial charge in [-0.25, -0.2) is 0 Å². The van der Waals surface area contributed by atoms with Crippen LogP contribution in [0.4, 0.5) is 0 Å². The molecule has 4 rings (SSSR count). The summed E-state index contributed by atoms with van der Waals surface area (Å²) >= 11 is 0. The smallest absolute Gasteiger partial charge is 0.0255 e. The predicted molar refractivity (Wildman–Crippen MR) is 148 cm³/mol. The van der Waals surface area contributed by atoms with Gasteiger partial charge in [-0.2, -0.15) is 0 Å². The monoisotopic (exact) mass is 450 g/mol. The average Bonchev–Trinajstić information content (AvgIpc) is 2.89. The van der Waals surface area contributed by atoms with E-state index in [9.17, 15) is 0 Å². The van der Waals surface area contributed by atoms with Crippen LogP contribution in [0.5, 0.6) is 0 Å². The van der Waals surface area contributed by atoms with Gasteiger partial charge in [-0.15, -0.1) is 0 Å². The zero-order valence-corrected chi connectivity index (χ0v) is 21.4. The minimum atomic E-state index is 0.747. The van der Waals surface area contributed by atoms with E-state index in [1.165, 1.54) is 98.9 Å². The molecule has 1 fully saturated rings. The van der Waals surface area contributed by atoms with E-state index >= 15 is 0 Å². The average molecular weight is 451 g/mol. The summed E-state index contributed by atoms with van der Waals surface area (Å²) in [6.45, 7) is 4.62. The summed E-state index contributed by atoms with van der Waals surface area (Å²) in [7, 11) is 0. The van der Waals surface area contributed by atoms with Crippen molar-refractivity contribution in [2.45, 2.75) is 96.8 Å². The van der Waals surface area contributed by atoms with E-state index in [0.29, 0.717) is 0 Å². The van der Waals surface area contributed by atoms with E-state index in [-0.39, 0.29) is 0 Å². The molecule has 1 saturated carbocycles. The Morgan fingerprint density at radius 3 is 2.06 bits per heavy atom. The largest absolute Gasteiger partial charge is 0.0654 e. The normalized spacial score (nSPS) is 17.9. The third-order valence-corrected chi connectivity index (χ3v) is 7.88. The highest BCUT2D eigenvalue weighted by Crippen LogP contribution is 2.36. The zero-order valence-electron chi connectivity index (χ0n) is 21.4. The van der Waals surface area contributed by atoms with Gasteiger partial charge in [0.25, 0.3) is 0 Å². The van der Waals surface area contributed by atoms with Crippen molar-refractivity contribution in [1.82, 2.24) is 0 Å². The van der Waals surface area contributed by atoms with Crippen molar-refractivity contribution in [2.75, 3.05) is 0 Å². The third kappa shape index (κ3) is 6.99. The summed E-state index contributed by atoms with van der Waals surface area (Å²) in [6.07, 6.45) is 16.2. The summed E-state index contributed by atoms with van der Waals surface area (Å²) in [6, 6.07) is 22.6. The van der Waals surface area contributed by atoms with Crippen molar-refractivity contribution in [3.05, 3.63) is 82.9 Å². The van der Waals surface area contributed by atoms with Gasteiger partial charge in [-0.05, 0) is 96.5 Å². The first-order valence-corrected chi connectivity index (χ1v) is 13.9. The van der Waals surface area contributed by atoms with Crippen LogP contribution in [0.15, 0.2) is 60.7 Å². The second kappa shape index (κ2) is 12.8. The number of benzene rings is 3. The molecule has 0 atom stereocenters. The molecule has 0 aliphatic heterocycles. The van der Waals surface area contributed by atoms with Crippen LogP contribution >= 0.6 is 0 Å². The minimum Gasteiger partial charge on any atom is -0.0654 e. The molecule has 34 heavy (non-hydrogen) atoms. The first kappa shape index (κ1) is 24.6. The van der Waals surface area contributed by atoms with Gasteiger partial charge < -0.3 is 0 Å². The van der Waals surface area contributed by atoms with Crippen LogP contribution < -0.4 is 0 Å². The second-order valence-electron chi connectivity index (χ2n) is 10.4. The Morgan fingerprint density at radius 1 is 0.647 bits per heavy atom. The molecule has 178 valence electrons. The van der Waals surface area contributed by atoms with Gasteiger partial charge in [0.05, 0.1) is 0 Å². The van der Waals surface area contributed by atoms with E-state index in [1.807, 2.05) is 0 Å². The lowest BCUT2D eigenvalue weighted by atomic mass is 9.78. The standard InChI is InChI=1S/C34H42/c1-3-5-6-7-8-9-10-29-17-23-34-26-30(18-24-33(34)25-29)12-11-28-15-21-32(22-16-28)31-19-13-27(4-2)14-20-31/h15-18,21-27,31H,3-10,13-14,19-20H2,1-2H3/t27-,31-. The van der Waals surface area contributed by atoms with Crippen LogP contribution in [0.1, 0.15) is 113 Å². The Labute approximate surface area is 208 Å². The minimum absolute atomic E-state index is 0.747. The van der Waals surface area contributed by atoms with Gasteiger partial charge in [0.2, 0.25) is 0 Å². The molecule has 0 heterocycles. The van der Waals surface area contributed by atoms with Crippen molar-refractivity contribution < 1.29 is 0 Å². The van der Waals surface area contributed by atoms with Crippen LogP contribution in [-0.2, 0) is 6.42 Å². The van der Waals surface area contributed by atoms with Crippen LogP contribution in [-0.4, -0.2) is 0 Å². The highest BCUT2D eigenvalue weighted by molar-refractivity contribution is 5.84. The molecule has 3 aromatic carbocycles. The Bertz CT molecular complexity index is 1080. The topological polar surface area (TPSA) is 0 Å². The van der Waals surface area contributed by atoms with E-state index in [2.05, 4.69) is 86.4 Å². The van der Waals surface area contributed by atoms with Crippen molar-refractivity contribution in [1.29, 1.82) is 0 Å². The molecule has 1 aliphatic rings. The molecule has 0 N–H and O–H groups in total. The molecule has 0 saturated heterocycles. The molecular formula is C34H42. The zero-order chi connectivity index (χ0) is 23.6. The summed E-state index contributed by atoms with van der Waals surface area (Å²) in [5.41, 5.74) is 5.17. The fourth-order valence-electron chi connectivity index (χ4n) is 5.52. The Balaban J connectivity index is 1.33. The summed E-state index contributed by atoms with van der Waals surface area (Å²) in [5.74, 6) is 8.47. The lowest BCUT2D eigenvalue weighted by molar-refractivity contribution is 0.319. The molecular weight excluding hydrogens is 408 g/mol. The first-order chi connectivity index (χ1) is 16.7. The highest BCUT2D eigenvalue weighted by Gasteiger charge is 2.20. The van der Waals surface area contributed by atoms with Gasteiger partial charge in [-0.3, -0.25) is 0 Å². The van der Waals surface area contributed by atoms with Gasteiger partial charge >= 0.3 is 0 Å². The fourth-order valence-corrected chi connectivity index (χ4v) is 5.52. The number of unbranched alkanes of at least 4 members (excludes halogenated alkanes) is 5. The molecule has 1 aliphatic carbocycles. The quantitative estimate of drug-likeness (QED) is 0.225. The molecule has 0 bridgehead atoms. The first-order valence-electron chi connectivity index (χ1n) is 13.9. The third-order valence-electron chi connectivity index (χ3n) is 7.88. The second-order valence-corrected chi connectivity index (χ2v) is 10.4. The molecule has 0 amide bonds. The maximum Gasteiger partial charge on any atom is 0.0255 e. The van der Waals surface area contributed by atoms with Crippen LogP contribution in [0, 0.1) is 17.8 Å². The Hall–Kier alpha value is -2.52. The summed E-state index contributed by atoms with van der Waals surface area (Å²) in [5, 5.41) is 2.62. The maximum absolute atomic E-state index is 3.39. The lowest BCUT2D eigenvalue weighted by Gasteiger charge is -2.28. The number of hydrogen-bond donors (Lipinski definition) is 0. The van der Waals surface area contributed by atoms with Crippen molar-refractivity contribution >= 4 is 10.8 Å². The fraction of sp³-hybridized carbons (Fsp3) is 0.471. The molecule has 0 radical (unpaired) electrons. The summed E-state index contributed by atoms with van der Waals surface area (Å²) < 4.78 is 0.